The second-order valence-electron chi connectivity index (χ2n) is 6.77. The Morgan fingerprint density at radius 2 is 2.00 bits per heavy atom. The lowest BCUT2D eigenvalue weighted by atomic mass is 9.86. The zero-order valence-corrected chi connectivity index (χ0v) is 14.1. The average Bonchev–Trinajstić information content (AvgIpc) is 3.06. The Balaban J connectivity index is 1.75. The molecular formula is C18H25FN2O3. The number of aromatic hydroxyl groups is 1. The molecule has 0 radical (unpaired) electrons. The molecule has 1 aromatic carbocycles. The van der Waals surface area contributed by atoms with Crippen LogP contribution in [0.3, 0.4) is 0 Å². The number of carbonyl (C=O) groups excluding carboxylic acids is 1. The molecule has 24 heavy (non-hydrogen) atoms. The zero-order valence-electron chi connectivity index (χ0n) is 14.1. The van der Waals surface area contributed by atoms with Crippen LogP contribution in [0, 0.1) is 5.82 Å². The zero-order chi connectivity index (χ0) is 17.2. The van der Waals surface area contributed by atoms with E-state index in [0.29, 0.717) is 0 Å². The van der Waals surface area contributed by atoms with Gasteiger partial charge in [-0.05, 0) is 31.9 Å². The molecule has 1 aliphatic carbocycles. The second-order valence-corrected chi connectivity index (χ2v) is 6.77. The van der Waals surface area contributed by atoms with E-state index in [1.54, 1.807) is 0 Å². The molecule has 2 N–H and O–H groups in total. The first-order valence-corrected chi connectivity index (χ1v) is 8.65. The molecule has 1 aromatic rings. The van der Waals surface area contributed by atoms with Crippen molar-refractivity contribution in [2.75, 3.05) is 26.3 Å². The monoisotopic (exact) mass is 336 g/mol. The summed E-state index contributed by atoms with van der Waals surface area (Å²) in [6.45, 7) is 5.18. The van der Waals surface area contributed by atoms with Crippen molar-refractivity contribution in [2.45, 2.75) is 44.2 Å². The van der Waals surface area contributed by atoms with Crippen molar-refractivity contribution >= 4 is 5.91 Å². The number of carbonyl (C=O) groups is 1. The second kappa shape index (κ2) is 7.07. The minimum Gasteiger partial charge on any atom is -0.508 e. The van der Waals surface area contributed by atoms with Crippen molar-refractivity contribution in [1.29, 1.82) is 0 Å². The van der Waals surface area contributed by atoms with E-state index in [9.17, 15) is 14.3 Å². The highest BCUT2D eigenvalue weighted by atomic mass is 19.1. The molecule has 2 fully saturated rings. The van der Waals surface area contributed by atoms with Crippen LogP contribution in [0.15, 0.2) is 18.2 Å². The summed E-state index contributed by atoms with van der Waals surface area (Å²) in [7, 11) is 0. The Bertz CT molecular complexity index is 596. The molecule has 1 unspecified atom stereocenters. The van der Waals surface area contributed by atoms with Crippen molar-refractivity contribution in [1.82, 2.24) is 10.2 Å². The minimum atomic E-state index is -0.702. The number of morpholine rings is 1. The number of amides is 1. The minimum absolute atomic E-state index is 0.0326. The average molecular weight is 336 g/mol. The summed E-state index contributed by atoms with van der Waals surface area (Å²) in [4.78, 5) is 14.9. The summed E-state index contributed by atoms with van der Waals surface area (Å²) in [6, 6.07) is 3.53. The van der Waals surface area contributed by atoms with Crippen molar-refractivity contribution in [3.8, 4) is 5.75 Å². The van der Waals surface area contributed by atoms with Gasteiger partial charge in [0.1, 0.15) is 11.6 Å². The van der Waals surface area contributed by atoms with E-state index in [-0.39, 0.29) is 22.9 Å². The molecule has 0 bridgehead atoms. The van der Waals surface area contributed by atoms with Crippen molar-refractivity contribution < 1.29 is 19.0 Å². The Hall–Kier alpha value is -1.66. The highest BCUT2D eigenvalue weighted by molar-refractivity contribution is 5.94. The topological polar surface area (TPSA) is 61.8 Å². The number of nitrogens with zero attached hydrogens (tertiary/aromatic N) is 1. The molecule has 0 spiro atoms. The van der Waals surface area contributed by atoms with Gasteiger partial charge in [0.15, 0.2) is 0 Å². The van der Waals surface area contributed by atoms with Crippen LogP contribution in [0.1, 0.15) is 43.0 Å². The Kier molecular flexibility index (Phi) is 5.06. The Morgan fingerprint density at radius 3 is 2.62 bits per heavy atom. The molecule has 5 nitrogen and oxygen atoms in total. The number of hydrogen-bond donors (Lipinski definition) is 2. The van der Waals surface area contributed by atoms with Gasteiger partial charge in [0.2, 0.25) is 0 Å². The number of nitrogens with one attached hydrogen (secondary N) is 1. The fourth-order valence-corrected chi connectivity index (χ4v) is 4.12. The maximum absolute atomic E-state index is 13.9. The molecule has 1 aliphatic heterocycles. The molecule has 0 aromatic heterocycles. The van der Waals surface area contributed by atoms with Crippen LogP contribution in [0.5, 0.6) is 5.75 Å². The van der Waals surface area contributed by atoms with Crippen LogP contribution in [0.4, 0.5) is 4.39 Å². The van der Waals surface area contributed by atoms with E-state index in [0.717, 1.165) is 58.1 Å². The molecule has 2 aliphatic rings. The summed E-state index contributed by atoms with van der Waals surface area (Å²) < 4.78 is 19.4. The number of phenols is 1. The van der Waals surface area contributed by atoms with Gasteiger partial charge in [0.05, 0.1) is 18.8 Å². The first-order chi connectivity index (χ1) is 11.5. The molecule has 3 rings (SSSR count). The number of hydrogen-bond acceptors (Lipinski definition) is 4. The first kappa shape index (κ1) is 17.2. The molecule has 1 atom stereocenters. The summed E-state index contributed by atoms with van der Waals surface area (Å²) >= 11 is 0. The van der Waals surface area contributed by atoms with Crippen molar-refractivity contribution in [3.05, 3.63) is 29.6 Å². The van der Waals surface area contributed by atoms with Gasteiger partial charge in [-0.2, -0.15) is 0 Å². The number of ether oxygens (including phenoxy) is 1. The predicted octanol–water partition coefficient (Wildman–Crippen LogP) is 2.29. The summed E-state index contributed by atoms with van der Waals surface area (Å²) in [6.07, 6.45) is 4.36. The van der Waals surface area contributed by atoms with Gasteiger partial charge >= 0.3 is 0 Å². The smallest absolute Gasteiger partial charge is 0.254 e. The Morgan fingerprint density at radius 1 is 1.33 bits per heavy atom. The molecule has 6 heteroatoms. The number of phenolic OH excluding ortho intramolecular Hbond substituents is 1. The van der Waals surface area contributed by atoms with E-state index in [1.165, 1.54) is 12.1 Å². The third kappa shape index (κ3) is 3.26. The van der Waals surface area contributed by atoms with Crippen molar-refractivity contribution in [3.63, 3.8) is 0 Å². The fourth-order valence-electron chi connectivity index (χ4n) is 4.12. The number of benzene rings is 1. The van der Waals surface area contributed by atoms with Crippen molar-refractivity contribution in [2.24, 2.45) is 0 Å². The van der Waals surface area contributed by atoms with Crippen LogP contribution >= 0.6 is 0 Å². The molecule has 1 heterocycles. The number of rotatable bonds is 4. The van der Waals surface area contributed by atoms with Gasteiger partial charge in [-0.1, -0.05) is 12.8 Å². The van der Waals surface area contributed by atoms with Gasteiger partial charge in [-0.15, -0.1) is 0 Å². The van der Waals surface area contributed by atoms with Gasteiger partial charge < -0.3 is 15.2 Å². The van der Waals surface area contributed by atoms with Crippen LogP contribution in [-0.4, -0.2) is 53.8 Å². The van der Waals surface area contributed by atoms with E-state index >= 15 is 0 Å². The molecule has 1 saturated carbocycles. The largest absolute Gasteiger partial charge is 0.508 e. The van der Waals surface area contributed by atoms with Crippen LogP contribution in [0.2, 0.25) is 0 Å². The third-order valence-corrected chi connectivity index (χ3v) is 5.46. The van der Waals surface area contributed by atoms with Crippen LogP contribution < -0.4 is 5.32 Å². The van der Waals surface area contributed by atoms with Gasteiger partial charge in [0, 0.05) is 30.7 Å². The van der Waals surface area contributed by atoms with Gasteiger partial charge in [0.25, 0.3) is 5.91 Å². The van der Waals surface area contributed by atoms with E-state index in [1.807, 2.05) is 6.92 Å². The molecule has 132 valence electrons. The van der Waals surface area contributed by atoms with E-state index in [2.05, 4.69) is 10.2 Å². The lowest BCUT2D eigenvalue weighted by molar-refractivity contribution is -0.0323. The summed E-state index contributed by atoms with van der Waals surface area (Å²) in [5, 5.41) is 12.3. The van der Waals surface area contributed by atoms with Crippen LogP contribution in [0.25, 0.3) is 0 Å². The van der Waals surface area contributed by atoms with Gasteiger partial charge in [-0.25, -0.2) is 4.39 Å². The maximum Gasteiger partial charge on any atom is 0.254 e. The summed E-state index contributed by atoms with van der Waals surface area (Å²) in [5.41, 5.74) is -0.109. The lowest BCUT2D eigenvalue weighted by Gasteiger charge is -2.47. The summed E-state index contributed by atoms with van der Waals surface area (Å²) in [5.74, 6) is -1.32. The van der Waals surface area contributed by atoms with E-state index < -0.39 is 11.7 Å². The highest BCUT2D eigenvalue weighted by Gasteiger charge is 2.45. The lowest BCUT2D eigenvalue weighted by Crippen LogP contribution is -2.62. The van der Waals surface area contributed by atoms with E-state index in [4.69, 9.17) is 4.74 Å². The maximum atomic E-state index is 13.9. The van der Waals surface area contributed by atoms with Crippen LogP contribution in [-0.2, 0) is 4.74 Å². The first-order valence-electron chi connectivity index (χ1n) is 8.65. The fraction of sp³-hybridized carbons (Fsp3) is 0.611. The molecular weight excluding hydrogens is 311 g/mol. The number of halogens is 1. The molecule has 1 saturated heterocycles. The SMILES string of the molecule is CC(NC(=O)c1ccc(O)cc1F)C1(N2CCOCC2)CCCC1. The highest BCUT2D eigenvalue weighted by Crippen LogP contribution is 2.38. The standard InChI is InChI=1S/C18H25FN2O3/c1-13(20-17(23)15-5-4-14(22)12-16(15)19)18(6-2-3-7-18)21-8-10-24-11-9-21/h4-5,12-13,22H,2-3,6-11H2,1H3,(H,20,23). The van der Waals surface area contributed by atoms with Gasteiger partial charge in [-0.3, -0.25) is 9.69 Å². The predicted molar refractivity (Wildman–Crippen MR) is 88.6 cm³/mol. The molecule has 1 amide bonds. The Labute approximate surface area is 141 Å². The normalized spacial score (nSPS) is 22.2. The third-order valence-electron chi connectivity index (χ3n) is 5.46. The quantitative estimate of drug-likeness (QED) is 0.886.